The Bertz CT molecular complexity index is 391. The molecular formula is C10H38Ag16O20. The topological polar surface area (TPSA) is 540 Å². The van der Waals surface area contributed by atoms with Crippen molar-refractivity contribution in [3.8, 4) is 0 Å². The summed E-state index contributed by atoms with van der Waals surface area (Å²) in [5.41, 5.74) is -1.56. The van der Waals surface area contributed by atoms with Crippen LogP contribution in [-0.4, -0.2) is 107 Å². The predicted molar refractivity (Wildman–Crippen MR) is 98.5 cm³/mol. The molecule has 0 spiro atoms. The molecule has 374 valence electrons. The van der Waals surface area contributed by atoms with E-state index in [2.05, 4.69) is 0 Å². The second kappa shape index (κ2) is 124. The number of aliphatic hydroxyl groups excluding tert-OH is 4. The van der Waals surface area contributed by atoms with Crippen LogP contribution in [0.1, 0.15) is 47.4 Å². The fourth-order valence-electron chi connectivity index (χ4n) is 1.56. The van der Waals surface area contributed by atoms with Crippen LogP contribution in [0.4, 0.5) is 0 Å². The second-order valence-electron chi connectivity index (χ2n) is 3.60. The summed E-state index contributed by atoms with van der Waals surface area (Å²) in [4.78, 5) is 0. The maximum Gasteiger partial charge on any atom is 0.178 e. The van der Waals surface area contributed by atoms with E-state index < -0.39 is 47.4 Å². The van der Waals surface area contributed by atoms with Gasteiger partial charge in [-0.1, -0.05) is 0 Å². The van der Waals surface area contributed by atoms with E-state index in [1.165, 1.54) is 0 Å². The molecule has 0 saturated carbocycles. The van der Waals surface area contributed by atoms with Crippen LogP contribution in [-0.2, 0) is 358 Å². The van der Waals surface area contributed by atoms with Gasteiger partial charge in [0.2, 0.25) is 0 Å². The summed E-state index contributed by atoms with van der Waals surface area (Å²) < 4.78 is 0. The maximum absolute atomic E-state index is 9.03. The van der Waals surface area contributed by atoms with Crippen molar-refractivity contribution < 1.29 is 465 Å². The van der Waals surface area contributed by atoms with Crippen molar-refractivity contribution in [3.05, 3.63) is 34.4 Å². The molecule has 32 N–H and O–H groups in total. The molecule has 16 radical (unpaired) electrons. The van der Waals surface area contributed by atoms with Gasteiger partial charge in [-0.25, -0.2) is 0 Å². The standard InChI is InChI=1S/C10H14O8.16Ag.12H2O/c11-7(12)3-1-4(8(13)14)6(10(17)18)2-5(3)9(15)16;;;;;;;;;;;;;;;;;;;;;;;;;;;;/h1-2,7-18H;;;;;;;;;;;;;;;;;12*1H2. The SMILES string of the molecule is O.O.O.O.O.O.O.O.O.O.O.O.OC(O)c1cc(C(O)O)c(C(O)O)cc1C(O)O.[Ag].[Ag].[Ag].[Ag].[Ag].[Ag].[Ag].[Ag].[Ag].[Ag].[Ag].[Ag].[Ag].[Ag].[Ag].[Ag]. The first-order chi connectivity index (χ1) is 8.25. The molecule has 1 aromatic rings. The molecule has 46 heavy (non-hydrogen) atoms. The molecule has 0 unspecified atom stereocenters. The zero-order chi connectivity index (χ0) is 14.0. The van der Waals surface area contributed by atoms with Crippen LogP contribution in [0, 0.1) is 0 Å². The Morgan fingerprint density at radius 2 is 0.283 bits per heavy atom. The van der Waals surface area contributed by atoms with E-state index in [0.717, 1.165) is 12.1 Å². The second-order valence-corrected chi connectivity index (χ2v) is 3.60. The number of aliphatic hydroxyl groups is 8. The molecule has 0 amide bonds. The summed E-state index contributed by atoms with van der Waals surface area (Å²) in [5, 5.41) is 72.3. The van der Waals surface area contributed by atoms with E-state index in [1.807, 2.05) is 0 Å². The Hall–Kier alpha value is 10.3. The van der Waals surface area contributed by atoms with E-state index in [-0.39, 0.29) is 424 Å². The molecule has 1 aromatic carbocycles. The smallest absolute Gasteiger partial charge is 0.178 e. The molecule has 0 fully saturated rings. The van der Waals surface area contributed by atoms with E-state index in [9.17, 15) is 0 Å². The molecule has 20 nitrogen and oxygen atoms in total. The molecule has 0 saturated heterocycles. The zero-order valence-electron chi connectivity index (χ0n) is 19.9. The van der Waals surface area contributed by atoms with Crippen molar-refractivity contribution in [2.45, 2.75) is 25.2 Å². The van der Waals surface area contributed by atoms with E-state index >= 15 is 0 Å². The van der Waals surface area contributed by atoms with Gasteiger partial charge in [-0.2, -0.15) is 0 Å². The van der Waals surface area contributed by atoms with Gasteiger partial charge >= 0.3 is 0 Å². The minimum Gasteiger partial charge on any atom is -0.412 e. The molecule has 0 aliphatic heterocycles. The number of hydrogen-bond acceptors (Lipinski definition) is 8. The van der Waals surface area contributed by atoms with Crippen LogP contribution < -0.4 is 0 Å². The van der Waals surface area contributed by atoms with Crippen molar-refractivity contribution >= 4 is 0 Å². The summed E-state index contributed by atoms with van der Waals surface area (Å²) in [5.74, 6) is 0. The third kappa shape index (κ3) is 86.2. The van der Waals surface area contributed by atoms with Gasteiger partial charge in [-0.3, -0.25) is 0 Å². The first-order valence-electron chi connectivity index (χ1n) is 4.87. The van der Waals surface area contributed by atoms with Crippen molar-refractivity contribution in [2.75, 3.05) is 0 Å². The summed E-state index contributed by atoms with van der Waals surface area (Å²) in [7, 11) is 0. The molecule has 0 atom stereocenters. The van der Waals surface area contributed by atoms with Gasteiger partial charge in [0.05, 0.1) is 0 Å². The monoisotopic (exact) mass is 2190 g/mol. The molecule has 1 rings (SSSR count). The Morgan fingerprint density at radius 3 is 0.326 bits per heavy atom. The van der Waals surface area contributed by atoms with E-state index in [1.54, 1.807) is 0 Å². The largest absolute Gasteiger partial charge is 0.412 e. The van der Waals surface area contributed by atoms with Crippen LogP contribution in [0.3, 0.4) is 0 Å². The van der Waals surface area contributed by atoms with Gasteiger partial charge in [0.25, 0.3) is 0 Å². The van der Waals surface area contributed by atoms with Gasteiger partial charge in [0.15, 0.2) is 25.2 Å². The minimum absolute atomic E-state index is 0. The third-order valence-corrected chi connectivity index (χ3v) is 2.40. The molecule has 0 aliphatic rings. The first-order valence-corrected chi connectivity index (χ1v) is 4.87. The van der Waals surface area contributed by atoms with Crippen LogP contribution in [0.15, 0.2) is 12.1 Å². The normalized spacial score (nSPS) is 4.78. The Kier molecular flexibility index (Phi) is 579. The van der Waals surface area contributed by atoms with Gasteiger partial charge in [0.1, 0.15) is 0 Å². The Morgan fingerprint density at radius 1 is 0.217 bits per heavy atom. The summed E-state index contributed by atoms with van der Waals surface area (Å²) >= 11 is 0. The predicted octanol–water partition coefficient (Wildman–Crippen LogP) is -12.3. The maximum atomic E-state index is 9.03. The quantitative estimate of drug-likeness (QED) is 0.105. The fraction of sp³-hybridized carbons (Fsp3) is 0.400. The van der Waals surface area contributed by atoms with Crippen LogP contribution in [0.5, 0.6) is 0 Å². The van der Waals surface area contributed by atoms with E-state index in [0.29, 0.717) is 0 Å². The molecule has 0 heterocycles. The third-order valence-electron chi connectivity index (χ3n) is 2.40. The molecular weight excluding hydrogens is 2170 g/mol. The summed E-state index contributed by atoms with van der Waals surface area (Å²) in [6.45, 7) is 0. The summed E-state index contributed by atoms with van der Waals surface area (Å²) in [6, 6.07) is 1.66. The number of rotatable bonds is 4. The van der Waals surface area contributed by atoms with E-state index in [4.69, 9.17) is 40.9 Å². The average molecular weight is 2200 g/mol. The zero-order valence-corrected chi connectivity index (χ0v) is 43.6. The fourth-order valence-corrected chi connectivity index (χ4v) is 1.56. The molecule has 0 aliphatic carbocycles. The minimum atomic E-state index is -2.09. The molecule has 0 aromatic heterocycles. The molecule has 0 bridgehead atoms. The van der Waals surface area contributed by atoms with Crippen molar-refractivity contribution in [2.24, 2.45) is 0 Å². The van der Waals surface area contributed by atoms with Crippen LogP contribution in [0.25, 0.3) is 0 Å². The first kappa shape index (κ1) is 215. The van der Waals surface area contributed by atoms with Crippen molar-refractivity contribution in [3.63, 3.8) is 0 Å². The van der Waals surface area contributed by atoms with Gasteiger partial charge < -0.3 is 107 Å². The summed E-state index contributed by atoms with van der Waals surface area (Å²) in [6.07, 6.45) is -8.37. The Labute approximate surface area is 513 Å². The number of hydrogen-bond donors (Lipinski definition) is 8. The van der Waals surface area contributed by atoms with Crippen molar-refractivity contribution in [1.82, 2.24) is 0 Å². The average Bonchev–Trinajstić information content (AvgIpc) is 2.26. The van der Waals surface area contributed by atoms with Crippen molar-refractivity contribution in [1.29, 1.82) is 0 Å². The number of benzene rings is 1. The Balaban J connectivity index is -0.00000000445. The van der Waals surface area contributed by atoms with Gasteiger partial charge in [-0.05, 0) is 12.1 Å². The van der Waals surface area contributed by atoms with Crippen LogP contribution in [0.2, 0.25) is 0 Å². The van der Waals surface area contributed by atoms with Gasteiger partial charge in [0, 0.05) is 380 Å². The van der Waals surface area contributed by atoms with Gasteiger partial charge in [-0.15, -0.1) is 0 Å². The van der Waals surface area contributed by atoms with Crippen LogP contribution >= 0.6 is 0 Å². The molecule has 36 heteroatoms.